The van der Waals surface area contributed by atoms with Gasteiger partial charge in [-0.3, -0.25) is 4.79 Å². The number of hydrogen-bond donors (Lipinski definition) is 2. The highest BCUT2D eigenvalue weighted by Crippen LogP contribution is 2.28. The number of rotatable bonds is 3. The molecule has 1 aromatic carbocycles. The Bertz CT molecular complexity index is 679. The van der Waals surface area contributed by atoms with Gasteiger partial charge < -0.3 is 10.3 Å². The Morgan fingerprint density at radius 1 is 1.29 bits per heavy atom. The monoisotopic (exact) mass is 285 g/mol. The number of aromatic nitrogens is 2. The van der Waals surface area contributed by atoms with Crippen LogP contribution in [0.4, 0.5) is 0 Å². The molecule has 1 heterocycles. The van der Waals surface area contributed by atoms with E-state index < -0.39 is 0 Å². The highest BCUT2D eigenvalue weighted by atomic mass is 16.1. The second kappa shape index (κ2) is 5.98. The summed E-state index contributed by atoms with van der Waals surface area (Å²) < 4.78 is 0. The predicted octanol–water partition coefficient (Wildman–Crippen LogP) is 2.84. The van der Waals surface area contributed by atoms with Gasteiger partial charge in [0.25, 0.3) is 5.56 Å². The lowest BCUT2D eigenvalue weighted by Gasteiger charge is -2.33. The summed E-state index contributed by atoms with van der Waals surface area (Å²) in [5, 5.41) is 4.22. The van der Waals surface area contributed by atoms with Crippen molar-refractivity contribution in [1.82, 2.24) is 15.3 Å². The lowest BCUT2D eigenvalue weighted by atomic mass is 9.80. The molecular weight excluding hydrogens is 262 g/mol. The lowest BCUT2D eigenvalue weighted by molar-refractivity contribution is 0.226. The molecule has 21 heavy (non-hydrogen) atoms. The first-order valence-corrected chi connectivity index (χ1v) is 7.85. The fourth-order valence-electron chi connectivity index (χ4n) is 3.42. The number of aromatic amines is 1. The predicted molar refractivity (Wildman–Crippen MR) is 85.2 cm³/mol. The molecule has 2 aromatic rings. The molecule has 1 saturated carbocycles. The SMILES string of the molecule is CC1CCC(NCc2nc3ccccc3c(=O)[nH]2)C(C)C1. The minimum absolute atomic E-state index is 0.0530. The number of H-pyrrole nitrogens is 1. The summed E-state index contributed by atoms with van der Waals surface area (Å²) in [6, 6.07) is 8.00. The van der Waals surface area contributed by atoms with Gasteiger partial charge in [0.1, 0.15) is 5.82 Å². The van der Waals surface area contributed by atoms with Crippen LogP contribution in [0.5, 0.6) is 0 Å². The van der Waals surface area contributed by atoms with E-state index in [0.717, 1.165) is 17.3 Å². The number of para-hydroxylation sites is 1. The molecule has 1 aliphatic carbocycles. The van der Waals surface area contributed by atoms with Crippen LogP contribution in [-0.2, 0) is 6.54 Å². The van der Waals surface area contributed by atoms with E-state index in [1.54, 1.807) is 0 Å². The third-order valence-electron chi connectivity index (χ3n) is 4.63. The first kappa shape index (κ1) is 14.3. The second-order valence-electron chi connectivity index (χ2n) is 6.41. The third kappa shape index (κ3) is 3.16. The van der Waals surface area contributed by atoms with Gasteiger partial charge in [0, 0.05) is 6.04 Å². The van der Waals surface area contributed by atoms with E-state index in [4.69, 9.17) is 0 Å². The number of hydrogen-bond acceptors (Lipinski definition) is 3. The zero-order valence-electron chi connectivity index (χ0n) is 12.7. The van der Waals surface area contributed by atoms with E-state index in [1.807, 2.05) is 24.3 Å². The van der Waals surface area contributed by atoms with Gasteiger partial charge in [-0.25, -0.2) is 4.98 Å². The maximum absolute atomic E-state index is 12.0. The van der Waals surface area contributed by atoms with Gasteiger partial charge in [0.05, 0.1) is 17.4 Å². The summed E-state index contributed by atoms with van der Waals surface area (Å²) >= 11 is 0. The van der Waals surface area contributed by atoms with Crippen molar-refractivity contribution in [3.05, 3.63) is 40.4 Å². The van der Waals surface area contributed by atoms with Crippen molar-refractivity contribution in [1.29, 1.82) is 0 Å². The molecule has 2 N–H and O–H groups in total. The molecule has 0 aliphatic heterocycles. The molecule has 4 heteroatoms. The molecule has 0 spiro atoms. The maximum atomic E-state index is 12.0. The molecule has 0 radical (unpaired) electrons. The Labute approximate surface area is 125 Å². The molecule has 4 nitrogen and oxygen atoms in total. The molecule has 3 atom stereocenters. The molecule has 1 aromatic heterocycles. The number of nitrogens with one attached hydrogen (secondary N) is 2. The summed E-state index contributed by atoms with van der Waals surface area (Å²) in [4.78, 5) is 19.5. The first-order valence-electron chi connectivity index (χ1n) is 7.85. The number of fused-ring (bicyclic) bond motifs is 1. The van der Waals surface area contributed by atoms with Crippen molar-refractivity contribution in [3.8, 4) is 0 Å². The molecule has 0 bridgehead atoms. The summed E-state index contributed by atoms with van der Waals surface area (Å²) in [5.74, 6) is 2.24. The van der Waals surface area contributed by atoms with Crippen LogP contribution >= 0.6 is 0 Å². The van der Waals surface area contributed by atoms with Gasteiger partial charge in [-0.05, 0) is 43.2 Å². The summed E-state index contributed by atoms with van der Waals surface area (Å²) in [5.41, 5.74) is 0.714. The number of nitrogens with zero attached hydrogens (tertiary/aromatic N) is 1. The van der Waals surface area contributed by atoms with E-state index in [0.29, 0.717) is 23.9 Å². The minimum atomic E-state index is -0.0530. The summed E-state index contributed by atoms with van der Waals surface area (Å²) in [7, 11) is 0. The van der Waals surface area contributed by atoms with Gasteiger partial charge in [0.15, 0.2) is 0 Å². The van der Waals surface area contributed by atoms with E-state index in [1.165, 1.54) is 19.3 Å². The molecule has 1 aliphatic rings. The Morgan fingerprint density at radius 3 is 2.90 bits per heavy atom. The van der Waals surface area contributed by atoms with Crippen molar-refractivity contribution < 1.29 is 0 Å². The fourth-order valence-corrected chi connectivity index (χ4v) is 3.42. The van der Waals surface area contributed by atoms with Crippen LogP contribution in [0.2, 0.25) is 0 Å². The van der Waals surface area contributed by atoms with Gasteiger partial charge in [-0.15, -0.1) is 0 Å². The van der Waals surface area contributed by atoms with Crippen molar-refractivity contribution in [2.75, 3.05) is 0 Å². The van der Waals surface area contributed by atoms with Crippen LogP contribution in [0.15, 0.2) is 29.1 Å². The second-order valence-corrected chi connectivity index (χ2v) is 6.41. The van der Waals surface area contributed by atoms with Crippen molar-refractivity contribution in [2.24, 2.45) is 11.8 Å². The van der Waals surface area contributed by atoms with Crippen LogP contribution < -0.4 is 10.9 Å². The smallest absolute Gasteiger partial charge is 0.258 e. The minimum Gasteiger partial charge on any atom is -0.309 e. The average Bonchev–Trinajstić information content (AvgIpc) is 2.46. The van der Waals surface area contributed by atoms with E-state index in [-0.39, 0.29) is 5.56 Å². The Kier molecular flexibility index (Phi) is 4.06. The standard InChI is InChI=1S/C17H23N3O/c1-11-7-8-14(12(2)9-11)18-10-16-19-15-6-4-3-5-13(15)17(21)20-16/h3-6,11-12,14,18H,7-10H2,1-2H3,(H,19,20,21). The Balaban J connectivity index is 1.72. The normalized spacial score (nSPS) is 26.1. The first-order chi connectivity index (χ1) is 10.1. The van der Waals surface area contributed by atoms with Gasteiger partial charge >= 0.3 is 0 Å². The quantitative estimate of drug-likeness (QED) is 0.911. The molecule has 3 rings (SSSR count). The maximum Gasteiger partial charge on any atom is 0.258 e. The molecular formula is C17H23N3O. The lowest BCUT2D eigenvalue weighted by Crippen LogP contribution is -2.39. The molecule has 1 fully saturated rings. The topological polar surface area (TPSA) is 57.8 Å². The Morgan fingerprint density at radius 2 is 2.10 bits per heavy atom. The van der Waals surface area contributed by atoms with E-state index >= 15 is 0 Å². The zero-order valence-corrected chi connectivity index (χ0v) is 12.7. The van der Waals surface area contributed by atoms with Crippen molar-refractivity contribution >= 4 is 10.9 Å². The van der Waals surface area contributed by atoms with Crippen LogP contribution in [0.3, 0.4) is 0 Å². The van der Waals surface area contributed by atoms with Gasteiger partial charge in [-0.1, -0.05) is 26.0 Å². The highest BCUT2D eigenvalue weighted by Gasteiger charge is 2.24. The molecule has 0 saturated heterocycles. The van der Waals surface area contributed by atoms with Crippen molar-refractivity contribution in [2.45, 2.75) is 45.7 Å². The molecule has 112 valence electrons. The van der Waals surface area contributed by atoms with Gasteiger partial charge in [0.2, 0.25) is 0 Å². The molecule has 3 unspecified atom stereocenters. The van der Waals surface area contributed by atoms with Gasteiger partial charge in [-0.2, -0.15) is 0 Å². The average molecular weight is 285 g/mol. The van der Waals surface area contributed by atoms with Crippen LogP contribution in [0, 0.1) is 11.8 Å². The number of benzene rings is 1. The summed E-state index contributed by atoms with van der Waals surface area (Å²) in [6.07, 6.45) is 3.77. The van der Waals surface area contributed by atoms with E-state index in [2.05, 4.69) is 29.1 Å². The third-order valence-corrected chi connectivity index (χ3v) is 4.63. The summed E-state index contributed by atoms with van der Waals surface area (Å²) in [6.45, 7) is 5.27. The van der Waals surface area contributed by atoms with Crippen LogP contribution in [0.25, 0.3) is 10.9 Å². The van der Waals surface area contributed by atoms with Crippen LogP contribution in [-0.4, -0.2) is 16.0 Å². The van der Waals surface area contributed by atoms with Crippen LogP contribution in [0.1, 0.15) is 38.9 Å². The van der Waals surface area contributed by atoms with E-state index in [9.17, 15) is 4.79 Å². The molecule has 0 amide bonds. The Hall–Kier alpha value is -1.68. The largest absolute Gasteiger partial charge is 0.309 e. The highest BCUT2D eigenvalue weighted by molar-refractivity contribution is 5.77. The fraction of sp³-hybridized carbons (Fsp3) is 0.529. The zero-order chi connectivity index (χ0) is 14.8. The van der Waals surface area contributed by atoms with Crippen molar-refractivity contribution in [3.63, 3.8) is 0 Å².